The molecule has 0 unspecified atom stereocenters. The smallest absolute Gasteiger partial charge is 0.417 e. The zero-order valence-corrected chi connectivity index (χ0v) is 19.8. The Morgan fingerprint density at radius 3 is 2.37 bits per heavy atom. The first-order valence-electron chi connectivity index (χ1n) is 11.4. The van der Waals surface area contributed by atoms with Crippen LogP contribution in [0.25, 0.3) is 22.5 Å². The molecule has 0 radical (unpaired) electrons. The number of benzene rings is 3. The standard InChI is InChI=1S/C28H19F4N3O3/c1-35-10-9-24(34-35)20-13-21(23(29)14-22(20)28(30,31)32)26(36)33-25-18(15-5-3-2-4-6-15)11-16-7-8-17(27(37)38)12-19(16)25/h2-10,12-14H,11H2,1H3,(H,33,36)(H,37,38). The highest BCUT2D eigenvalue weighted by Gasteiger charge is 2.36. The maximum absolute atomic E-state index is 15.0. The summed E-state index contributed by atoms with van der Waals surface area (Å²) in [6, 6.07) is 16.0. The number of carbonyl (C=O) groups is 2. The number of carbonyl (C=O) groups excluding carboxylic acids is 1. The van der Waals surface area contributed by atoms with E-state index in [1.807, 2.05) is 18.2 Å². The van der Waals surface area contributed by atoms with Crippen LogP contribution in [0.15, 0.2) is 72.9 Å². The molecule has 192 valence electrons. The van der Waals surface area contributed by atoms with Crippen molar-refractivity contribution in [2.24, 2.45) is 7.05 Å². The van der Waals surface area contributed by atoms with E-state index < -0.39 is 40.6 Å². The zero-order valence-electron chi connectivity index (χ0n) is 19.8. The third kappa shape index (κ3) is 4.56. The van der Waals surface area contributed by atoms with Crippen molar-refractivity contribution in [3.8, 4) is 11.3 Å². The van der Waals surface area contributed by atoms with Crippen molar-refractivity contribution in [1.82, 2.24) is 15.1 Å². The summed E-state index contributed by atoms with van der Waals surface area (Å²) in [4.78, 5) is 24.9. The summed E-state index contributed by atoms with van der Waals surface area (Å²) < 4.78 is 57.5. The molecule has 1 aliphatic rings. The van der Waals surface area contributed by atoms with E-state index in [0.29, 0.717) is 17.6 Å². The van der Waals surface area contributed by atoms with Gasteiger partial charge in [-0.25, -0.2) is 9.18 Å². The van der Waals surface area contributed by atoms with Gasteiger partial charge in [0.25, 0.3) is 5.91 Å². The lowest BCUT2D eigenvalue weighted by Crippen LogP contribution is -2.24. The van der Waals surface area contributed by atoms with Gasteiger partial charge in [0.1, 0.15) is 5.82 Å². The van der Waals surface area contributed by atoms with E-state index in [9.17, 15) is 27.9 Å². The van der Waals surface area contributed by atoms with Crippen LogP contribution in [-0.4, -0.2) is 26.8 Å². The van der Waals surface area contributed by atoms with Crippen LogP contribution in [0.3, 0.4) is 0 Å². The zero-order chi connectivity index (χ0) is 27.2. The van der Waals surface area contributed by atoms with Gasteiger partial charge in [-0.05, 0) is 47.0 Å². The van der Waals surface area contributed by atoms with Crippen LogP contribution < -0.4 is 5.32 Å². The molecule has 2 N–H and O–H groups in total. The Morgan fingerprint density at radius 1 is 1.00 bits per heavy atom. The predicted molar refractivity (Wildman–Crippen MR) is 131 cm³/mol. The Bertz CT molecular complexity index is 1620. The summed E-state index contributed by atoms with van der Waals surface area (Å²) >= 11 is 0. The van der Waals surface area contributed by atoms with Gasteiger partial charge in [-0.2, -0.15) is 18.3 Å². The summed E-state index contributed by atoms with van der Waals surface area (Å²) in [6.07, 6.45) is -3.09. The van der Waals surface area contributed by atoms with Crippen molar-refractivity contribution < 1.29 is 32.3 Å². The number of aromatic carboxylic acids is 1. The predicted octanol–water partition coefficient (Wildman–Crippen LogP) is 5.80. The minimum atomic E-state index is -4.89. The fraction of sp³-hybridized carbons (Fsp3) is 0.107. The molecule has 1 heterocycles. The largest absolute Gasteiger partial charge is 0.478 e. The first kappa shape index (κ1) is 24.9. The number of rotatable bonds is 5. The molecule has 0 saturated carbocycles. The molecule has 1 aliphatic carbocycles. The Kier molecular flexibility index (Phi) is 6.10. The number of carboxylic acids is 1. The van der Waals surface area contributed by atoms with Crippen molar-refractivity contribution in [3.05, 3.63) is 112 Å². The number of aryl methyl sites for hydroxylation is 1. The molecule has 6 nitrogen and oxygen atoms in total. The monoisotopic (exact) mass is 521 g/mol. The summed E-state index contributed by atoms with van der Waals surface area (Å²) in [6.45, 7) is 0. The second-order valence-electron chi connectivity index (χ2n) is 8.78. The molecule has 4 aromatic rings. The fourth-order valence-electron chi connectivity index (χ4n) is 4.50. The number of alkyl halides is 3. The lowest BCUT2D eigenvalue weighted by molar-refractivity contribution is -0.137. The molecule has 1 aromatic heterocycles. The number of carboxylic acid groups (broad SMARTS) is 1. The van der Waals surface area contributed by atoms with E-state index in [1.165, 1.54) is 36.1 Å². The number of hydrogen-bond donors (Lipinski definition) is 2. The van der Waals surface area contributed by atoms with E-state index in [2.05, 4.69) is 10.4 Å². The van der Waals surface area contributed by atoms with Gasteiger partial charge in [-0.15, -0.1) is 0 Å². The van der Waals surface area contributed by atoms with Crippen LogP contribution in [-0.2, 0) is 19.6 Å². The third-order valence-corrected chi connectivity index (χ3v) is 6.30. The molecule has 0 fully saturated rings. The van der Waals surface area contributed by atoms with Crippen molar-refractivity contribution in [1.29, 1.82) is 0 Å². The van der Waals surface area contributed by atoms with Gasteiger partial charge >= 0.3 is 12.1 Å². The minimum Gasteiger partial charge on any atom is -0.478 e. The lowest BCUT2D eigenvalue weighted by atomic mass is 9.99. The lowest BCUT2D eigenvalue weighted by Gasteiger charge is -2.16. The number of aromatic nitrogens is 2. The number of allylic oxidation sites excluding steroid dienone is 1. The molecule has 5 rings (SSSR count). The van der Waals surface area contributed by atoms with Crippen molar-refractivity contribution in [2.45, 2.75) is 12.6 Å². The second-order valence-corrected chi connectivity index (χ2v) is 8.78. The van der Waals surface area contributed by atoms with Crippen molar-refractivity contribution >= 4 is 23.1 Å². The van der Waals surface area contributed by atoms with E-state index in [4.69, 9.17) is 0 Å². The van der Waals surface area contributed by atoms with Gasteiger partial charge < -0.3 is 10.4 Å². The van der Waals surface area contributed by atoms with Gasteiger partial charge in [-0.1, -0.05) is 36.4 Å². The van der Waals surface area contributed by atoms with Gasteiger partial charge in [0.2, 0.25) is 0 Å². The highest BCUT2D eigenvalue weighted by Crippen LogP contribution is 2.40. The maximum atomic E-state index is 15.0. The average molecular weight is 521 g/mol. The number of nitrogens with one attached hydrogen (secondary N) is 1. The molecule has 10 heteroatoms. The normalized spacial score (nSPS) is 13.0. The number of halogens is 4. The molecule has 3 aromatic carbocycles. The fourth-order valence-corrected chi connectivity index (χ4v) is 4.50. The number of nitrogens with zero attached hydrogens (tertiary/aromatic N) is 2. The molecule has 1 amide bonds. The Balaban J connectivity index is 1.62. The van der Waals surface area contributed by atoms with Crippen LogP contribution in [0.4, 0.5) is 17.6 Å². The Morgan fingerprint density at radius 2 is 1.74 bits per heavy atom. The molecular weight excluding hydrogens is 502 g/mol. The second kappa shape index (κ2) is 9.29. The summed E-state index contributed by atoms with van der Waals surface area (Å²) in [7, 11) is 1.52. The first-order chi connectivity index (χ1) is 18.0. The number of fused-ring (bicyclic) bond motifs is 1. The van der Waals surface area contributed by atoms with Crippen LogP contribution in [0.2, 0.25) is 0 Å². The molecule has 0 bridgehead atoms. The first-order valence-corrected chi connectivity index (χ1v) is 11.4. The van der Waals surface area contributed by atoms with Gasteiger partial charge in [-0.3, -0.25) is 9.48 Å². The number of amides is 1. The summed E-state index contributed by atoms with van der Waals surface area (Å²) in [5.41, 5.74) is 0.457. The SMILES string of the molecule is Cn1ccc(-c2cc(C(=O)NC3=C(c4ccccc4)Cc4ccc(C(=O)O)cc43)c(F)cc2C(F)(F)F)n1. The molecule has 0 aliphatic heterocycles. The summed E-state index contributed by atoms with van der Waals surface area (Å²) in [5, 5.41) is 16.1. The molecular formula is C28H19F4N3O3. The minimum absolute atomic E-state index is 0.0111. The van der Waals surface area contributed by atoms with Crippen LogP contribution >= 0.6 is 0 Å². The molecule has 38 heavy (non-hydrogen) atoms. The number of hydrogen-bond acceptors (Lipinski definition) is 3. The van der Waals surface area contributed by atoms with Crippen LogP contribution in [0, 0.1) is 5.82 Å². The molecule has 0 saturated heterocycles. The van der Waals surface area contributed by atoms with E-state index in [0.717, 1.165) is 17.2 Å². The Hall–Kier alpha value is -4.73. The van der Waals surface area contributed by atoms with Crippen molar-refractivity contribution in [2.75, 3.05) is 0 Å². The highest BCUT2D eigenvalue weighted by atomic mass is 19.4. The van der Waals surface area contributed by atoms with Crippen LogP contribution in [0.5, 0.6) is 0 Å². The van der Waals surface area contributed by atoms with Crippen molar-refractivity contribution in [3.63, 3.8) is 0 Å². The average Bonchev–Trinajstić information content (AvgIpc) is 3.47. The summed E-state index contributed by atoms with van der Waals surface area (Å²) in [5.74, 6) is -3.50. The Labute approximate surface area is 213 Å². The highest BCUT2D eigenvalue weighted by molar-refractivity contribution is 6.08. The van der Waals surface area contributed by atoms with Gasteiger partial charge in [0.15, 0.2) is 0 Å². The van der Waals surface area contributed by atoms with Gasteiger partial charge in [0.05, 0.1) is 28.1 Å². The van der Waals surface area contributed by atoms with E-state index in [1.54, 1.807) is 18.2 Å². The van der Waals surface area contributed by atoms with E-state index >= 15 is 4.39 Å². The topological polar surface area (TPSA) is 84.2 Å². The van der Waals surface area contributed by atoms with Crippen LogP contribution in [0.1, 0.15) is 43.0 Å². The third-order valence-electron chi connectivity index (χ3n) is 6.30. The van der Waals surface area contributed by atoms with E-state index in [-0.39, 0.29) is 23.0 Å². The molecule has 0 atom stereocenters. The molecule has 0 spiro atoms. The maximum Gasteiger partial charge on any atom is 0.417 e. The quantitative estimate of drug-likeness (QED) is 0.325. The van der Waals surface area contributed by atoms with Gasteiger partial charge in [0, 0.05) is 30.8 Å².